The van der Waals surface area contributed by atoms with E-state index in [1.165, 1.54) is 4.88 Å². The van der Waals surface area contributed by atoms with E-state index >= 15 is 0 Å². The summed E-state index contributed by atoms with van der Waals surface area (Å²) in [4.78, 5) is 21.6. The Morgan fingerprint density at radius 2 is 1.91 bits per heavy atom. The molecule has 2 aromatic heterocycles. The van der Waals surface area contributed by atoms with Gasteiger partial charge in [-0.1, -0.05) is 39.0 Å². The largest absolute Gasteiger partial charge is 0.440 e. The monoisotopic (exact) mass is 477 g/mol. The Kier molecular flexibility index (Phi) is 7.27. The minimum absolute atomic E-state index is 0.0895. The van der Waals surface area contributed by atoms with Crippen molar-refractivity contribution in [1.82, 2.24) is 0 Å². The molecule has 180 valence electrons. The van der Waals surface area contributed by atoms with Crippen LogP contribution in [0.5, 0.6) is 0 Å². The number of furan rings is 1. The highest BCUT2D eigenvalue weighted by Crippen LogP contribution is 2.45. The Hall–Kier alpha value is -2.86. The zero-order valence-corrected chi connectivity index (χ0v) is 21.7. The molecule has 0 fully saturated rings. The zero-order valence-electron chi connectivity index (χ0n) is 20.9. The molecule has 0 spiro atoms. The first kappa shape index (κ1) is 24.3. The van der Waals surface area contributed by atoms with Crippen molar-refractivity contribution >= 4 is 40.0 Å². The van der Waals surface area contributed by atoms with Crippen molar-refractivity contribution in [2.75, 3.05) is 23.3 Å². The molecule has 4 rings (SSSR count). The van der Waals surface area contributed by atoms with Gasteiger partial charge in [-0.15, -0.1) is 11.3 Å². The van der Waals surface area contributed by atoms with Gasteiger partial charge in [-0.3, -0.25) is 4.79 Å². The molecule has 0 unspecified atom stereocenters. The molecule has 3 aromatic rings. The summed E-state index contributed by atoms with van der Waals surface area (Å²) in [5, 5.41) is 3.83. The predicted molar refractivity (Wildman–Crippen MR) is 143 cm³/mol. The number of carbonyl (C=O) groups excluding carboxylic acids is 1. The van der Waals surface area contributed by atoms with Gasteiger partial charge < -0.3 is 14.6 Å². The highest BCUT2D eigenvalue weighted by molar-refractivity contribution is 7.16. The average molecular weight is 478 g/mol. The second-order valence-electron chi connectivity index (χ2n) is 9.92. The van der Waals surface area contributed by atoms with Crippen molar-refractivity contribution in [2.45, 2.75) is 53.9 Å². The highest BCUT2D eigenvalue weighted by Gasteiger charge is 2.33. The number of nitrogens with one attached hydrogen (secondary N) is 1. The molecule has 0 saturated carbocycles. The van der Waals surface area contributed by atoms with Crippen LogP contribution in [0.2, 0.25) is 0 Å². The molecule has 5 nitrogen and oxygen atoms in total. The van der Waals surface area contributed by atoms with Crippen molar-refractivity contribution in [2.24, 2.45) is 16.3 Å². The van der Waals surface area contributed by atoms with E-state index in [1.54, 1.807) is 17.6 Å². The topological polar surface area (TPSA) is 57.8 Å². The number of rotatable bonds is 7. The summed E-state index contributed by atoms with van der Waals surface area (Å²) in [6, 6.07) is 13.5. The SMILES string of the molecule is CCN(CC)c1ccc(C=Nc2sc3c(c2C(=O)Nc2ccccc2)CC[C@@H](C(C)(C)C)C3)o1. The first-order valence-corrected chi connectivity index (χ1v) is 13.0. The van der Waals surface area contributed by atoms with Gasteiger partial charge in [0.05, 0.1) is 11.8 Å². The molecule has 0 saturated heterocycles. The highest BCUT2D eigenvalue weighted by atomic mass is 32.1. The van der Waals surface area contributed by atoms with E-state index in [-0.39, 0.29) is 11.3 Å². The number of benzene rings is 1. The minimum Gasteiger partial charge on any atom is -0.440 e. The molecule has 0 aliphatic heterocycles. The van der Waals surface area contributed by atoms with Crippen LogP contribution in [0, 0.1) is 11.3 Å². The predicted octanol–water partition coefficient (Wildman–Crippen LogP) is 7.34. The first-order valence-electron chi connectivity index (χ1n) is 12.2. The van der Waals surface area contributed by atoms with Crippen LogP contribution >= 0.6 is 11.3 Å². The van der Waals surface area contributed by atoms with Crippen LogP contribution in [0.1, 0.15) is 67.6 Å². The van der Waals surface area contributed by atoms with Gasteiger partial charge in [0, 0.05) is 29.7 Å². The summed E-state index contributed by atoms with van der Waals surface area (Å²) in [6.45, 7) is 12.9. The summed E-state index contributed by atoms with van der Waals surface area (Å²) in [6.07, 6.45) is 4.74. The van der Waals surface area contributed by atoms with Crippen molar-refractivity contribution in [3.8, 4) is 0 Å². The van der Waals surface area contributed by atoms with Gasteiger partial charge in [-0.05, 0) is 68.2 Å². The lowest BCUT2D eigenvalue weighted by Gasteiger charge is -2.33. The number of anilines is 2. The minimum atomic E-state index is -0.0895. The Balaban J connectivity index is 1.66. The van der Waals surface area contributed by atoms with Crippen LogP contribution in [0.15, 0.2) is 51.9 Å². The van der Waals surface area contributed by atoms with Gasteiger partial charge >= 0.3 is 0 Å². The second kappa shape index (κ2) is 10.2. The molecule has 0 bridgehead atoms. The van der Waals surface area contributed by atoms with E-state index < -0.39 is 0 Å². The van der Waals surface area contributed by atoms with Gasteiger partial charge in [0.15, 0.2) is 5.88 Å². The van der Waals surface area contributed by atoms with Crippen molar-refractivity contribution in [3.63, 3.8) is 0 Å². The van der Waals surface area contributed by atoms with Gasteiger partial charge in [0.1, 0.15) is 10.8 Å². The van der Waals surface area contributed by atoms with Crippen LogP contribution in [0.4, 0.5) is 16.6 Å². The molecule has 6 heteroatoms. The molecule has 2 heterocycles. The molecule has 1 atom stereocenters. The fourth-order valence-electron chi connectivity index (χ4n) is 4.59. The molecule has 1 aliphatic rings. The van der Waals surface area contributed by atoms with Crippen LogP contribution in [-0.4, -0.2) is 25.2 Å². The number of hydrogen-bond acceptors (Lipinski definition) is 5. The molecule has 34 heavy (non-hydrogen) atoms. The Labute approximate surface area is 206 Å². The maximum Gasteiger partial charge on any atom is 0.259 e. The van der Waals surface area contributed by atoms with E-state index in [1.807, 2.05) is 42.5 Å². The van der Waals surface area contributed by atoms with Gasteiger partial charge in [0.2, 0.25) is 0 Å². The quantitative estimate of drug-likeness (QED) is 0.362. The number of thiophene rings is 1. The summed E-state index contributed by atoms with van der Waals surface area (Å²) >= 11 is 1.65. The molecular weight excluding hydrogens is 442 g/mol. The first-order chi connectivity index (χ1) is 16.3. The lowest BCUT2D eigenvalue weighted by Crippen LogP contribution is -2.27. The molecular formula is C28H35N3O2S. The van der Waals surface area contributed by atoms with E-state index in [9.17, 15) is 4.79 Å². The third-order valence-electron chi connectivity index (χ3n) is 6.73. The third kappa shape index (κ3) is 5.27. The average Bonchev–Trinajstić information content (AvgIpc) is 3.42. The molecule has 1 aromatic carbocycles. The number of carbonyl (C=O) groups is 1. The normalized spacial score (nSPS) is 16.0. The standard InChI is InChI=1S/C28H35N3O2S/c1-6-31(7-2)24-16-14-21(33-24)18-29-27-25(26(32)30-20-11-9-8-10-12-20)22-15-13-19(28(3,4)5)17-23(22)34-27/h8-12,14,16,18-19H,6-7,13,15,17H2,1-5H3,(H,30,32)/t19-/m1/s1. The van der Waals surface area contributed by atoms with Crippen LogP contribution < -0.4 is 10.2 Å². The number of amides is 1. The van der Waals surface area contributed by atoms with Gasteiger partial charge in [-0.25, -0.2) is 4.99 Å². The Bertz CT molecular complexity index is 1150. The molecule has 1 aliphatic carbocycles. The Morgan fingerprint density at radius 3 is 2.59 bits per heavy atom. The third-order valence-corrected chi connectivity index (χ3v) is 7.89. The van der Waals surface area contributed by atoms with Crippen LogP contribution in [-0.2, 0) is 12.8 Å². The number of hydrogen-bond donors (Lipinski definition) is 1. The van der Waals surface area contributed by atoms with E-state index in [2.05, 4.69) is 44.8 Å². The summed E-state index contributed by atoms with van der Waals surface area (Å²) in [7, 11) is 0. The lowest BCUT2D eigenvalue weighted by molar-refractivity contribution is 0.102. The fourth-order valence-corrected chi connectivity index (χ4v) is 5.86. The number of nitrogens with zero attached hydrogens (tertiary/aromatic N) is 2. The van der Waals surface area contributed by atoms with Crippen LogP contribution in [0.3, 0.4) is 0 Å². The van der Waals surface area contributed by atoms with Crippen molar-refractivity contribution in [3.05, 3.63) is 64.2 Å². The van der Waals surface area contributed by atoms with Gasteiger partial charge in [0.25, 0.3) is 5.91 Å². The van der Waals surface area contributed by atoms with E-state index in [0.717, 1.165) is 54.5 Å². The number of fused-ring (bicyclic) bond motifs is 1. The second-order valence-corrected chi connectivity index (χ2v) is 11.0. The maximum absolute atomic E-state index is 13.4. The van der Waals surface area contributed by atoms with Gasteiger partial charge in [-0.2, -0.15) is 0 Å². The van der Waals surface area contributed by atoms with Crippen molar-refractivity contribution in [1.29, 1.82) is 0 Å². The summed E-state index contributed by atoms with van der Waals surface area (Å²) in [5.74, 6) is 2.04. The Morgan fingerprint density at radius 1 is 1.18 bits per heavy atom. The fraction of sp³-hybridized carbons (Fsp3) is 0.429. The smallest absolute Gasteiger partial charge is 0.259 e. The van der Waals surface area contributed by atoms with E-state index in [0.29, 0.717) is 17.2 Å². The summed E-state index contributed by atoms with van der Waals surface area (Å²) in [5.41, 5.74) is 2.91. The van der Waals surface area contributed by atoms with Crippen LogP contribution in [0.25, 0.3) is 0 Å². The van der Waals surface area contributed by atoms with E-state index in [4.69, 9.17) is 9.41 Å². The molecule has 1 amide bonds. The number of aliphatic imine (C=N–C) groups is 1. The molecule has 0 radical (unpaired) electrons. The van der Waals surface area contributed by atoms with Crippen molar-refractivity contribution < 1.29 is 9.21 Å². The number of para-hydroxylation sites is 1. The maximum atomic E-state index is 13.4. The summed E-state index contributed by atoms with van der Waals surface area (Å²) < 4.78 is 5.99. The molecule has 1 N–H and O–H groups in total. The lowest BCUT2D eigenvalue weighted by atomic mass is 9.72. The zero-order chi connectivity index (χ0) is 24.3.